The van der Waals surface area contributed by atoms with Crippen molar-refractivity contribution in [3.63, 3.8) is 0 Å². The Morgan fingerprint density at radius 2 is 2.38 bits per heavy atom. The molecule has 1 heterocycles. The Bertz CT molecular complexity index is 492. The van der Waals surface area contributed by atoms with E-state index < -0.39 is 17.8 Å². The van der Waals surface area contributed by atoms with Crippen molar-refractivity contribution in [2.24, 2.45) is 0 Å². The maximum atomic E-state index is 13.7. The van der Waals surface area contributed by atoms with E-state index in [-0.39, 0.29) is 16.8 Å². The minimum atomic E-state index is -0.686. The van der Waals surface area contributed by atoms with Crippen LogP contribution in [0.5, 0.6) is 0 Å². The van der Waals surface area contributed by atoms with Gasteiger partial charge >= 0.3 is 0 Å². The number of carbonyl (C=O) groups excluding carboxylic acids is 1. The fraction of sp³-hybridized carbons (Fsp3) is 0.533. The molecule has 1 aliphatic heterocycles. The third-order valence-corrected chi connectivity index (χ3v) is 3.68. The van der Waals surface area contributed by atoms with Crippen molar-refractivity contribution in [3.05, 3.63) is 29.0 Å². The summed E-state index contributed by atoms with van der Waals surface area (Å²) in [6.45, 7) is 2.73. The molecule has 1 amide bonds. The second kappa shape index (κ2) is 7.73. The molecule has 0 spiro atoms. The minimum Gasteiger partial charge on any atom is -0.376 e. The third kappa shape index (κ3) is 4.66. The lowest BCUT2D eigenvalue weighted by atomic mass is 10.1. The lowest BCUT2D eigenvalue weighted by molar-refractivity contribution is -0.130. The van der Waals surface area contributed by atoms with Gasteiger partial charge in [-0.3, -0.25) is 4.79 Å². The maximum Gasteiger partial charge on any atom is 0.253 e. The van der Waals surface area contributed by atoms with E-state index in [1.54, 1.807) is 13.0 Å². The van der Waals surface area contributed by atoms with E-state index >= 15 is 0 Å². The van der Waals surface area contributed by atoms with Crippen LogP contribution in [0.4, 0.5) is 10.1 Å². The van der Waals surface area contributed by atoms with Gasteiger partial charge in [0.2, 0.25) is 0 Å². The van der Waals surface area contributed by atoms with Gasteiger partial charge < -0.3 is 14.8 Å². The Balaban J connectivity index is 1.83. The van der Waals surface area contributed by atoms with Crippen LogP contribution in [0.25, 0.3) is 0 Å². The van der Waals surface area contributed by atoms with Crippen molar-refractivity contribution in [2.75, 3.05) is 18.5 Å². The molecule has 1 N–H and O–H groups in total. The van der Waals surface area contributed by atoms with Crippen LogP contribution in [0.2, 0.25) is 5.02 Å². The van der Waals surface area contributed by atoms with Crippen LogP contribution in [0.3, 0.4) is 0 Å². The highest BCUT2D eigenvalue weighted by Gasteiger charge is 2.20. The van der Waals surface area contributed by atoms with E-state index in [2.05, 4.69) is 5.32 Å². The number of ether oxygens (including phenoxy) is 2. The topological polar surface area (TPSA) is 47.6 Å². The van der Waals surface area contributed by atoms with Gasteiger partial charge in [0.05, 0.1) is 23.4 Å². The number of benzene rings is 1. The molecule has 0 aromatic heterocycles. The summed E-state index contributed by atoms with van der Waals surface area (Å²) >= 11 is 5.67. The minimum absolute atomic E-state index is 0.0306. The van der Waals surface area contributed by atoms with E-state index in [4.69, 9.17) is 21.1 Å². The number of amides is 1. The first-order valence-corrected chi connectivity index (χ1v) is 7.44. The summed E-state index contributed by atoms with van der Waals surface area (Å²) in [4.78, 5) is 12.0. The monoisotopic (exact) mass is 315 g/mol. The van der Waals surface area contributed by atoms with E-state index in [9.17, 15) is 9.18 Å². The molecule has 1 aromatic rings. The molecule has 2 unspecified atom stereocenters. The van der Waals surface area contributed by atoms with Gasteiger partial charge in [0, 0.05) is 6.61 Å². The van der Waals surface area contributed by atoms with Crippen molar-refractivity contribution >= 4 is 23.2 Å². The Morgan fingerprint density at radius 1 is 1.57 bits per heavy atom. The van der Waals surface area contributed by atoms with Gasteiger partial charge in [-0.15, -0.1) is 0 Å². The van der Waals surface area contributed by atoms with Crippen LogP contribution in [0.15, 0.2) is 18.2 Å². The lowest BCUT2D eigenvalue weighted by Gasteiger charge is -2.24. The summed E-state index contributed by atoms with van der Waals surface area (Å²) in [6, 6.07) is 4.45. The summed E-state index contributed by atoms with van der Waals surface area (Å²) < 4.78 is 24.7. The maximum absolute atomic E-state index is 13.7. The number of nitrogens with one attached hydrogen (secondary N) is 1. The molecular weight excluding hydrogens is 297 g/mol. The molecule has 0 radical (unpaired) electrons. The van der Waals surface area contributed by atoms with Gasteiger partial charge in [0.25, 0.3) is 5.91 Å². The van der Waals surface area contributed by atoms with Crippen molar-refractivity contribution in [2.45, 2.75) is 38.4 Å². The number of carbonyl (C=O) groups is 1. The summed E-state index contributed by atoms with van der Waals surface area (Å²) in [5.41, 5.74) is 0.0527. The van der Waals surface area contributed by atoms with E-state index in [0.717, 1.165) is 25.9 Å². The highest BCUT2D eigenvalue weighted by molar-refractivity contribution is 6.31. The molecule has 2 atom stereocenters. The predicted molar refractivity (Wildman–Crippen MR) is 79.0 cm³/mol. The van der Waals surface area contributed by atoms with Gasteiger partial charge in [-0.05, 0) is 38.3 Å². The van der Waals surface area contributed by atoms with Crippen LogP contribution in [0.1, 0.15) is 26.2 Å². The Hall–Kier alpha value is -1.17. The fourth-order valence-corrected chi connectivity index (χ4v) is 2.28. The molecule has 1 fully saturated rings. The number of hydrogen-bond donors (Lipinski definition) is 1. The SMILES string of the molecule is CC(OCC1CCCCO1)C(=O)Nc1cccc(Cl)c1F. The molecule has 1 aromatic carbocycles. The average Bonchev–Trinajstić information content (AvgIpc) is 2.50. The Morgan fingerprint density at radius 3 is 3.10 bits per heavy atom. The van der Waals surface area contributed by atoms with Crippen LogP contribution in [-0.4, -0.2) is 31.3 Å². The zero-order valence-electron chi connectivity index (χ0n) is 11.9. The molecule has 116 valence electrons. The summed E-state index contributed by atoms with van der Waals surface area (Å²) in [5.74, 6) is -1.05. The molecule has 6 heteroatoms. The largest absolute Gasteiger partial charge is 0.376 e. The zero-order valence-corrected chi connectivity index (χ0v) is 12.7. The second-order valence-corrected chi connectivity index (χ2v) is 5.46. The smallest absolute Gasteiger partial charge is 0.253 e. The summed E-state index contributed by atoms with van der Waals surface area (Å²) in [6.07, 6.45) is 2.48. The van der Waals surface area contributed by atoms with Crippen LogP contribution in [0, 0.1) is 5.82 Å². The molecule has 0 bridgehead atoms. The number of rotatable bonds is 5. The van der Waals surface area contributed by atoms with Gasteiger partial charge in [-0.2, -0.15) is 0 Å². The standard InChI is InChI=1S/C15H19ClFNO3/c1-10(21-9-11-5-2-3-8-20-11)15(19)18-13-7-4-6-12(16)14(13)17/h4,6-7,10-11H,2-3,5,8-9H2,1H3,(H,18,19). The highest BCUT2D eigenvalue weighted by Crippen LogP contribution is 2.22. The first-order chi connectivity index (χ1) is 10.1. The van der Waals surface area contributed by atoms with Gasteiger partial charge in [-0.25, -0.2) is 4.39 Å². The predicted octanol–water partition coefficient (Wildman–Crippen LogP) is 3.39. The van der Waals surface area contributed by atoms with Crippen molar-refractivity contribution in [1.29, 1.82) is 0 Å². The molecule has 21 heavy (non-hydrogen) atoms. The number of hydrogen-bond acceptors (Lipinski definition) is 3. The molecule has 1 aliphatic rings. The average molecular weight is 316 g/mol. The molecule has 2 rings (SSSR count). The molecule has 0 aliphatic carbocycles. The third-order valence-electron chi connectivity index (χ3n) is 3.38. The first-order valence-electron chi connectivity index (χ1n) is 7.06. The van der Waals surface area contributed by atoms with Crippen molar-refractivity contribution in [3.8, 4) is 0 Å². The summed E-state index contributed by atoms with van der Waals surface area (Å²) in [7, 11) is 0. The normalized spacial score (nSPS) is 20.0. The zero-order chi connectivity index (χ0) is 15.2. The number of anilines is 1. The van der Waals surface area contributed by atoms with Crippen LogP contribution >= 0.6 is 11.6 Å². The molecular formula is C15H19ClFNO3. The van der Waals surface area contributed by atoms with E-state index in [1.807, 2.05) is 0 Å². The molecule has 0 saturated carbocycles. The number of halogens is 2. The van der Waals surface area contributed by atoms with Gasteiger partial charge in [0.15, 0.2) is 5.82 Å². The molecule has 1 saturated heterocycles. The Kier molecular flexibility index (Phi) is 5.96. The van der Waals surface area contributed by atoms with Crippen molar-refractivity contribution in [1.82, 2.24) is 0 Å². The fourth-order valence-electron chi connectivity index (χ4n) is 2.10. The molecule has 4 nitrogen and oxygen atoms in total. The van der Waals surface area contributed by atoms with Gasteiger partial charge in [0.1, 0.15) is 6.10 Å². The first kappa shape index (κ1) is 16.2. The summed E-state index contributed by atoms with van der Waals surface area (Å²) in [5, 5.41) is 2.44. The lowest BCUT2D eigenvalue weighted by Crippen LogP contribution is -2.32. The van der Waals surface area contributed by atoms with Crippen LogP contribution in [-0.2, 0) is 14.3 Å². The van der Waals surface area contributed by atoms with E-state index in [1.165, 1.54) is 12.1 Å². The quantitative estimate of drug-likeness (QED) is 0.906. The van der Waals surface area contributed by atoms with Crippen molar-refractivity contribution < 1.29 is 18.7 Å². The highest BCUT2D eigenvalue weighted by atomic mass is 35.5. The second-order valence-electron chi connectivity index (χ2n) is 5.05. The van der Waals surface area contributed by atoms with E-state index in [0.29, 0.717) is 6.61 Å². The Labute approximate surface area is 128 Å². The van der Waals surface area contributed by atoms with Gasteiger partial charge in [-0.1, -0.05) is 17.7 Å². The van der Waals surface area contributed by atoms with Crippen LogP contribution < -0.4 is 5.32 Å².